The molecule has 0 bridgehead atoms. The molecule has 0 spiro atoms. The van der Waals surface area contributed by atoms with E-state index in [1.165, 1.54) is 0 Å². The van der Waals surface area contributed by atoms with E-state index in [4.69, 9.17) is 5.41 Å². The van der Waals surface area contributed by atoms with Crippen molar-refractivity contribution in [3.8, 4) is 0 Å². The highest BCUT2D eigenvalue weighted by Crippen LogP contribution is 2.48. The predicted octanol–water partition coefficient (Wildman–Crippen LogP) is 1.11. The second-order valence-corrected chi connectivity index (χ2v) is 5.23. The van der Waals surface area contributed by atoms with Crippen molar-refractivity contribution >= 4 is 5.84 Å². The first-order valence-electron chi connectivity index (χ1n) is 5.52. The van der Waals surface area contributed by atoms with Crippen LogP contribution in [0, 0.1) is 23.2 Å². The lowest BCUT2D eigenvalue weighted by atomic mass is 10.2. The van der Waals surface area contributed by atoms with E-state index in [2.05, 4.69) is 37.7 Å². The van der Waals surface area contributed by atoms with E-state index in [1.54, 1.807) is 0 Å². The summed E-state index contributed by atoms with van der Waals surface area (Å²) in [6.07, 6.45) is 0. The Bertz CT molecular complexity index is 235. The largest absolute Gasteiger partial charge is 0.360 e. The van der Waals surface area contributed by atoms with Gasteiger partial charge in [-0.1, -0.05) is 13.8 Å². The first-order chi connectivity index (χ1) is 6.52. The van der Waals surface area contributed by atoms with Gasteiger partial charge in [0.1, 0.15) is 0 Å². The van der Waals surface area contributed by atoms with Crippen LogP contribution < -0.4 is 0 Å². The number of likely N-dealkylation sites (tertiary alicyclic amines) is 1. The minimum absolute atomic E-state index is 0.380. The van der Waals surface area contributed by atoms with Gasteiger partial charge in [-0.3, -0.25) is 5.41 Å². The monoisotopic (exact) mass is 195 g/mol. The maximum Gasteiger partial charge on any atom is 0.0984 e. The second kappa shape index (κ2) is 3.23. The zero-order valence-electron chi connectivity index (χ0n) is 9.62. The molecule has 3 heteroatoms. The van der Waals surface area contributed by atoms with Crippen LogP contribution in [0.25, 0.3) is 0 Å². The number of nitrogens with zero attached hydrogens (tertiary/aromatic N) is 2. The quantitative estimate of drug-likeness (QED) is 0.528. The third kappa shape index (κ3) is 1.44. The Hall–Kier alpha value is -0.570. The van der Waals surface area contributed by atoms with Crippen molar-refractivity contribution in [2.75, 3.05) is 27.2 Å². The number of nitrogens with one attached hydrogen (secondary N) is 1. The fourth-order valence-electron chi connectivity index (χ4n) is 2.82. The molecule has 0 aromatic heterocycles. The molecule has 2 aliphatic rings. The van der Waals surface area contributed by atoms with Crippen molar-refractivity contribution in [3.05, 3.63) is 0 Å². The Morgan fingerprint density at radius 3 is 2.14 bits per heavy atom. The summed E-state index contributed by atoms with van der Waals surface area (Å²) in [4.78, 5) is 4.60. The van der Waals surface area contributed by atoms with Gasteiger partial charge in [0.05, 0.1) is 5.84 Å². The first-order valence-corrected chi connectivity index (χ1v) is 5.52. The SMILES string of the molecule is CC(C)C(=N)N1CC2C(C1)C2N(C)C. The van der Waals surface area contributed by atoms with Gasteiger partial charge in [0.2, 0.25) is 0 Å². The molecule has 2 atom stereocenters. The zero-order chi connectivity index (χ0) is 10.5. The van der Waals surface area contributed by atoms with Gasteiger partial charge in [-0.2, -0.15) is 0 Å². The Labute approximate surface area is 86.6 Å². The maximum absolute atomic E-state index is 7.94. The molecule has 1 aliphatic carbocycles. The van der Waals surface area contributed by atoms with Crippen LogP contribution in [0.4, 0.5) is 0 Å². The van der Waals surface area contributed by atoms with Gasteiger partial charge in [0.25, 0.3) is 0 Å². The molecule has 1 aliphatic heterocycles. The summed E-state index contributed by atoms with van der Waals surface area (Å²) in [6, 6.07) is 0.797. The maximum atomic E-state index is 7.94. The van der Waals surface area contributed by atoms with Crippen molar-refractivity contribution in [2.45, 2.75) is 19.9 Å². The van der Waals surface area contributed by atoms with Gasteiger partial charge in [-0.05, 0) is 25.9 Å². The predicted molar refractivity (Wildman–Crippen MR) is 58.6 cm³/mol. The standard InChI is InChI=1S/C11H21N3/c1-7(2)11(12)14-5-8-9(6-14)10(8)13(3)4/h7-10,12H,5-6H2,1-4H3. The van der Waals surface area contributed by atoms with Crippen LogP contribution in [0.15, 0.2) is 0 Å². The average Bonchev–Trinajstić information content (AvgIpc) is 2.62. The molecule has 0 radical (unpaired) electrons. The number of piperidine rings is 1. The van der Waals surface area contributed by atoms with E-state index in [0.717, 1.165) is 36.8 Å². The van der Waals surface area contributed by atoms with E-state index in [-0.39, 0.29) is 0 Å². The molecule has 0 amide bonds. The minimum Gasteiger partial charge on any atom is -0.360 e. The number of hydrogen-bond donors (Lipinski definition) is 1. The number of hydrogen-bond acceptors (Lipinski definition) is 2. The van der Waals surface area contributed by atoms with Crippen LogP contribution in [0.2, 0.25) is 0 Å². The Morgan fingerprint density at radius 1 is 1.29 bits per heavy atom. The minimum atomic E-state index is 0.380. The molecular formula is C11H21N3. The molecule has 1 heterocycles. The van der Waals surface area contributed by atoms with Gasteiger partial charge in [0.15, 0.2) is 0 Å². The van der Waals surface area contributed by atoms with Crippen LogP contribution in [-0.4, -0.2) is 48.9 Å². The zero-order valence-corrected chi connectivity index (χ0v) is 9.62. The third-order valence-electron chi connectivity index (χ3n) is 3.63. The summed E-state index contributed by atoms with van der Waals surface area (Å²) in [5, 5.41) is 7.94. The van der Waals surface area contributed by atoms with E-state index < -0.39 is 0 Å². The molecule has 3 nitrogen and oxygen atoms in total. The lowest BCUT2D eigenvalue weighted by molar-refractivity contribution is 0.307. The van der Waals surface area contributed by atoms with Crippen molar-refractivity contribution in [3.63, 3.8) is 0 Å². The van der Waals surface area contributed by atoms with Crippen LogP contribution >= 0.6 is 0 Å². The second-order valence-electron chi connectivity index (χ2n) is 5.23. The van der Waals surface area contributed by atoms with Gasteiger partial charge < -0.3 is 9.80 Å². The molecule has 1 saturated carbocycles. The molecule has 1 N–H and O–H groups in total. The number of rotatable bonds is 2. The first kappa shape index (κ1) is 9.97. The van der Waals surface area contributed by atoms with Gasteiger partial charge in [-0.25, -0.2) is 0 Å². The van der Waals surface area contributed by atoms with Gasteiger partial charge in [-0.15, -0.1) is 0 Å². The van der Waals surface area contributed by atoms with Crippen molar-refractivity contribution < 1.29 is 0 Å². The van der Waals surface area contributed by atoms with E-state index >= 15 is 0 Å². The molecule has 0 aromatic rings. The average molecular weight is 195 g/mol. The summed E-state index contributed by atoms with van der Waals surface area (Å²) >= 11 is 0. The van der Waals surface area contributed by atoms with Crippen LogP contribution in [-0.2, 0) is 0 Å². The van der Waals surface area contributed by atoms with Crippen molar-refractivity contribution in [1.29, 1.82) is 5.41 Å². The topological polar surface area (TPSA) is 30.3 Å². The van der Waals surface area contributed by atoms with E-state index in [9.17, 15) is 0 Å². The highest BCUT2D eigenvalue weighted by molar-refractivity contribution is 5.81. The lowest BCUT2D eigenvalue weighted by Crippen LogP contribution is -2.37. The van der Waals surface area contributed by atoms with Gasteiger partial charge >= 0.3 is 0 Å². The van der Waals surface area contributed by atoms with Crippen LogP contribution in [0.3, 0.4) is 0 Å². The van der Waals surface area contributed by atoms with Crippen molar-refractivity contribution in [2.24, 2.45) is 17.8 Å². The number of fused-ring (bicyclic) bond motifs is 1. The molecular weight excluding hydrogens is 174 g/mol. The summed E-state index contributed by atoms with van der Waals surface area (Å²) < 4.78 is 0. The summed E-state index contributed by atoms with van der Waals surface area (Å²) in [7, 11) is 4.34. The van der Waals surface area contributed by atoms with Gasteiger partial charge in [0, 0.05) is 25.0 Å². The van der Waals surface area contributed by atoms with E-state index in [0.29, 0.717) is 5.92 Å². The molecule has 1 saturated heterocycles. The summed E-state index contributed by atoms with van der Waals surface area (Å²) in [5.74, 6) is 2.88. The van der Waals surface area contributed by atoms with Crippen LogP contribution in [0.5, 0.6) is 0 Å². The molecule has 80 valence electrons. The lowest BCUT2D eigenvalue weighted by Gasteiger charge is -2.26. The molecule has 2 unspecified atom stereocenters. The Kier molecular flexibility index (Phi) is 2.30. The summed E-state index contributed by atoms with van der Waals surface area (Å²) in [5.41, 5.74) is 0. The highest BCUT2D eigenvalue weighted by Gasteiger charge is 2.57. The molecule has 2 rings (SSSR count). The molecule has 14 heavy (non-hydrogen) atoms. The third-order valence-corrected chi connectivity index (χ3v) is 3.63. The molecule has 0 aromatic carbocycles. The smallest absolute Gasteiger partial charge is 0.0984 e. The normalized spacial score (nSPS) is 35.3. The molecule has 2 fully saturated rings. The van der Waals surface area contributed by atoms with E-state index in [1.807, 2.05) is 0 Å². The Morgan fingerprint density at radius 2 is 1.79 bits per heavy atom. The number of amidine groups is 1. The summed E-state index contributed by atoms with van der Waals surface area (Å²) in [6.45, 7) is 6.44. The Balaban J connectivity index is 1.87. The van der Waals surface area contributed by atoms with Crippen molar-refractivity contribution in [1.82, 2.24) is 9.80 Å². The fraction of sp³-hybridized carbons (Fsp3) is 0.909. The fourth-order valence-corrected chi connectivity index (χ4v) is 2.82. The highest BCUT2D eigenvalue weighted by atomic mass is 15.3. The van der Waals surface area contributed by atoms with Crippen LogP contribution in [0.1, 0.15) is 13.8 Å².